The second-order valence-electron chi connectivity index (χ2n) is 8.65. The minimum absolute atomic E-state index is 0.0334. The second-order valence-corrected chi connectivity index (χ2v) is 8.65. The molecule has 2 aliphatic heterocycles. The molecule has 1 unspecified atom stereocenters. The van der Waals surface area contributed by atoms with Crippen molar-refractivity contribution in [2.24, 2.45) is 0 Å². The maximum atomic E-state index is 13.0. The topological polar surface area (TPSA) is 119 Å². The zero-order valence-corrected chi connectivity index (χ0v) is 19.1. The Morgan fingerprint density at radius 3 is 2.79 bits per heavy atom. The van der Waals surface area contributed by atoms with Crippen molar-refractivity contribution >= 4 is 17.6 Å². The maximum Gasteiger partial charge on any atom is 0.321 e. The number of hydrogen-bond acceptors (Lipinski definition) is 7. The van der Waals surface area contributed by atoms with Crippen LogP contribution in [-0.2, 0) is 4.79 Å². The van der Waals surface area contributed by atoms with Crippen LogP contribution in [0.2, 0.25) is 0 Å². The number of carbonyl (C=O) groups is 2. The number of nitrogens with zero attached hydrogens (tertiary/aromatic N) is 3. The molecule has 0 aliphatic carbocycles. The molecule has 2 aliphatic rings. The van der Waals surface area contributed by atoms with Crippen molar-refractivity contribution < 1.29 is 23.6 Å². The van der Waals surface area contributed by atoms with Crippen molar-refractivity contribution in [3.8, 4) is 11.5 Å². The minimum atomic E-state index is -0.254. The van der Waals surface area contributed by atoms with Gasteiger partial charge >= 0.3 is 6.03 Å². The Labute approximate surface area is 193 Å². The molecule has 1 aromatic carbocycles. The van der Waals surface area contributed by atoms with Gasteiger partial charge in [-0.05, 0) is 31.4 Å². The number of aromatic nitrogens is 2. The summed E-state index contributed by atoms with van der Waals surface area (Å²) >= 11 is 0. The predicted octanol–water partition coefficient (Wildman–Crippen LogP) is 3.27. The summed E-state index contributed by atoms with van der Waals surface area (Å²) in [7, 11) is 0. The summed E-state index contributed by atoms with van der Waals surface area (Å²) < 4.78 is 16.6. The van der Waals surface area contributed by atoms with Gasteiger partial charge in [0, 0.05) is 49.6 Å². The van der Waals surface area contributed by atoms with Crippen molar-refractivity contribution in [3.05, 3.63) is 29.9 Å². The van der Waals surface area contributed by atoms with Gasteiger partial charge in [0.05, 0.1) is 0 Å². The van der Waals surface area contributed by atoms with Crippen LogP contribution in [0.3, 0.4) is 0 Å². The fraction of sp³-hybridized carbons (Fsp3) is 0.565. The molecule has 1 atom stereocenters. The molecule has 1 fully saturated rings. The SMILES string of the molecule is CC(C)c1noc(C2CCCN(C(=O)Nc3ccc4c(c3)OCCO4)CCC(=O)NCC2)n1. The molecule has 2 aromatic rings. The largest absolute Gasteiger partial charge is 0.486 e. The maximum absolute atomic E-state index is 13.0. The average molecular weight is 458 g/mol. The van der Waals surface area contributed by atoms with E-state index in [0.717, 1.165) is 19.3 Å². The highest BCUT2D eigenvalue weighted by Crippen LogP contribution is 2.32. The number of urea groups is 1. The molecular weight excluding hydrogens is 426 g/mol. The van der Waals surface area contributed by atoms with Gasteiger partial charge in [-0.25, -0.2) is 4.79 Å². The van der Waals surface area contributed by atoms with Crippen LogP contribution >= 0.6 is 0 Å². The first-order chi connectivity index (χ1) is 16.0. The van der Waals surface area contributed by atoms with Crippen LogP contribution in [0.15, 0.2) is 22.7 Å². The Bertz CT molecular complexity index is 976. The summed E-state index contributed by atoms with van der Waals surface area (Å²) in [6.45, 7) is 6.42. The average Bonchev–Trinajstić information content (AvgIpc) is 3.29. The summed E-state index contributed by atoms with van der Waals surface area (Å²) in [5.41, 5.74) is 0.618. The van der Waals surface area contributed by atoms with Crippen molar-refractivity contribution in [2.75, 3.05) is 38.2 Å². The molecule has 33 heavy (non-hydrogen) atoms. The zero-order chi connectivity index (χ0) is 23.2. The monoisotopic (exact) mass is 457 g/mol. The van der Waals surface area contributed by atoms with Crippen molar-refractivity contribution in [1.29, 1.82) is 0 Å². The van der Waals surface area contributed by atoms with Crippen LogP contribution in [-0.4, -0.2) is 59.8 Å². The number of benzene rings is 1. The molecule has 1 aromatic heterocycles. The van der Waals surface area contributed by atoms with E-state index >= 15 is 0 Å². The van der Waals surface area contributed by atoms with Crippen LogP contribution < -0.4 is 20.1 Å². The fourth-order valence-corrected chi connectivity index (χ4v) is 3.92. The lowest BCUT2D eigenvalue weighted by molar-refractivity contribution is -0.121. The molecule has 0 saturated carbocycles. The van der Waals surface area contributed by atoms with Crippen LogP contribution in [0.1, 0.15) is 63.1 Å². The summed E-state index contributed by atoms with van der Waals surface area (Å²) in [5, 5.41) is 9.92. The Balaban J connectivity index is 1.41. The molecule has 3 amide bonds. The lowest BCUT2D eigenvalue weighted by Crippen LogP contribution is -2.38. The van der Waals surface area contributed by atoms with E-state index in [1.807, 2.05) is 13.8 Å². The number of fused-ring (bicyclic) bond motifs is 1. The van der Waals surface area contributed by atoms with E-state index in [9.17, 15) is 9.59 Å². The highest BCUT2D eigenvalue weighted by atomic mass is 16.6. The third kappa shape index (κ3) is 5.94. The molecule has 10 heteroatoms. The van der Waals surface area contributed by atoms with Gasteiger partial charge in [-0.15, -0.1) is 0 Å². The lowest BCUT2D eigenvalue weighted by atomic mass is 9.99. The van der Waals surface area contributed by atoms with Gasteiger partial charge in [-0.1, -0.05) is 19.0 Å². The first kappa shape index (κ1) is 22.9. The molecule has 2 N–H and O–H groups in total. The molecule has 10 nitrogen and oxygen atoms in total. The number of amides is 3. The molecule has 0 bridgehead atoms. The van der Waals surface area contributed by atoms with E-state index in [4.69, 9.17) is 14.0 Å². The highest BCUT2D eigenvalue weighted by Gasteiger charge is 2.23. The third-order valence-electron chi connectivity index (χ3n) is 5.81. The van der Waals surface area contributed by atoms with Gasteiger partial charge in [-0.2, -0.15) is 4.98 Å². The summed E-state index contributed by atoms with van der Waals surface area (Å²) in [6.07, 6.45) is 2.50. The van der Waals surface area contributed by atoms with Gasteiger partial charge in [0.25, 0.3) is 0 Å². The van der Waals surface area contributed by atoms with Crippen LogP contribution in [0.4, 0.5) is 10.5 Å². The van der Waals surface area contributed by atoms with E-state index in [0.29, 0.717) is 61.7 Å². The Kier molecular flexibility index (Phi) is 7.31. The zero-order valence-electron chi connectivity index (χ0n) is 19.1. The summed E-state index contributed by atoms with van der Waals surface area (Å²) in [6, 6.07) is 5.06. The smallest absolute Gasteiger partial charge is 0.321 e. The summed E-state index contributed by atoms with van der Waals surface area (Å²) in [4.78, 5) is 31.5. The summed E-state index contributed by atoms with van der Waals surface area (Å²) in [5.74, 6) is 2.69. The van der Waals surface area contributed by atoms with E-state index in [-0.39, 0.29) is 30.2 Å². The molecule has 0 radical (unpaired) electrons. The van der Waals surface area contributed by atoms with Crippen molar-refractivity contribution in [1.82, 2.24) is 20.4 Å². The number of carbonyl (C=O) groups excluding carboxylic acids is 2. The van der Waals surface area contributed by atoms with E-state index < -0.39 is 0 Å². The predicted molar refractivity (Wildman–Crippen MR) is 121 cm³/mol. The van der Waals surface area contributed by atoms with Gasteiger partial charge in [0.2, 0.25) is 11.8 Å². The Morgan fingerprint density at radius 2 is 2.00 bits per heavy atom. The standard InChI is InChI=1S/C23H31N5O5/c1-15(2)21-26-22(33-27-21)16-4-3-10-28(11-8-20(29)24-9-7-16)23(30)25-17-5-6-18-19(14-17)32-13-12-31-18/h5-6,14-16H,3-4,7-13H2,1-2H3,(H,24,29)(H,25,30). The quantitative estimate of drug-likeness (QED) is 0.726. The first-order valence-corrected chi connectivity index (χ1v) is 11.6. The molecule has 1 saturated heterocycles. The second kappa shape index (κ2) is 10.5. The third-order valence-corrected chi connectivity index (χ3v) is 5.81. The van der Waals surface area contributed by atoms with Gasteiger partial charge < -0.3 is 29.5 Å². The van der Waals surface area contributed by atoms with Crippen molar-refractivity contribution in [2.45, 2.75) is 51.4 Å². The molecule has 178 valence electrons. The van der Waals surface area contributed by atoms with E-state index in [1.165, 1.54) is 0 Å². The van der Waals surface area contributed by atoms with Crippen LogP contribution in [0.25, 0.3) is 0 Å². The van der Waals surface area contributed by atoms with Gasteiger partial charge in [0.1, 0.15) is 13.2 Å². The molecule has 0 spiro atoms. The van der Waals surface area contributed by atoms with E-state index in [2.05, 4.69) is 20.8 Å². The fourth-order valence-electron chi connectivity index (χ4n) is 3.92. The molecule has 3 heterocycles. The van der Waals surface area contributed by atoms with Gasteiger partial charge in [-0.3, -0.25) is 4.79 Å². The number of rotatable bonds is 3. The Hall–Kier alpha value is -3.30. The number of hydrogen-bond donors (Lipinski definition) is 2. The number of anilines is 1. The van der Waals surface area contributed by atoms with Crippen molar-refractivity contribution in [3.63, 3.8) is 0 Å². The number of ether oxygens (including phenoxy) is 2. The van der Waals surface area contributed by atoms with Crippen LogP contribution in [0, 0.1) is 0 Å². The highest BCUT2D eigenvalue weighted by molar-refractivity contribution is 5.90. The number of nitrogens with one attached hydrogen (secondary N) is 2. The first-order valence-electron chi connectivity index (χ1n) is 11.6. The normalized spacial score (nSPS) is 19.5. The van der Waals surface area contributed by atoms with E-state index in [1.54, 1.807) is 23.1 Å². The van der Waals surface area contributed by atoms with Crippen LogP contribution in [0.5, 0.6) is 11.5 Å². The Morgan fingerprint density at radius 1 is 1.18 bits per heavy atom. The van der Waals surface area contributed by atoms with Gasteiger partial charge in [0.15, 0.2) is 17.3 Å². The molecular formula is C23H31N5O5. The molecule has 4 rings (SSSR count). The minimum Gasteiger partial charge on any atom is -0.486 e. The lowest BCUT2D eigenvalue weighted by Gasteiger charge is -2.24.